The molecule has 0 spiro atoms. The molecule has 1 saturated heterocycles. The molecular formula is C24H22FN7O3. The molecule has 1 fully saturated rings. The van der Waals surface area contributed by atoms with Crippen LogP contribution in [0.3, 0.4) is 0 Å². The molecule has 11 heteroatoms. The van der Waals surface area contributed by atoms with Crippen LogP contribution in [-0.4, -0.2) is 64.2 Å². The zero-order valence-corrected chi connectivity index (χ0v) is 18.7. The van der Waals surface area contributed by atoms with Crippen LogP contribution < -0.4 is 0 Å². The molecule has 1 N–H and O–H groups in total. The SMILES string of the molecule is O=C(O)c1ccc(-n2nccn2)c(C(=O)N2CCCC[C@H]2Cn2cc(-c3ccc(F)cn3)cn2)c1. The number of rotatable bonds is 6. The van der Waals surface area contributed by atoms with Crippen molar-refractivity contribution < 1.29 is 19.1 Å². The number of aromatic carboxylic acids is 1. The number of carbonyl (C=O) groups excluding carboxylic acids is 1. The van der Waals surface area contributed by atoms with Gasteiger partial charge < -0.3 is 10.0 Å². The Morgan fingerprint density at radius 1 is 1.06 bits per heavy atom. The van der Waals surface area contributed by atoms with Crippen molar-refractivity contribution in [3.8, 4) is 16.9 Å². The molecule has 4 heterocycles. The fourth-order valence-corrected chi connectivity index (χ4v) is 4.33. The molecule has 178 valence electrons. The quantitative estimate of drug-likeness (QED) is 0.455. The van der Waals surface area contributed by atoms with E-state index in [0.717, 1.165) is 31.0 Å². The highest BCUT2D eigenvalue weighted by molar-refractivity contribution is 6.00. The number of hydrogen-bond acceptors (Lipinski definition) is 6. The predicted molar refractivity (Wildman–Crippen MR) is 122 cm³/mol. The lowest BCUT2D eigenvalue weighted by atomic mass is 9.99. The molecule has 1 amide bonds. The number of benzene rings is 1. The standard InChI is InChI=1S/C24H22FN7O3/c25-18-5-6-21(26-13-18)17-12-29-30(14-17)15-19-3-1-2-10-31(19)23(33)20-11-16(24(34)35)4-7-22(20)32-27-8-9-28-32/h4-9,11-14,19H,1-3,10,15H2,(H,34,35)/t19-/m0/s1. The summed E-state index contributed by atoms with van der Waals surface area (Å²) in [6.07, 6.45) is 10.2. The van der Waals surface area contributed by atoms with Gasteiger partial charge in [0.15, 0.2) is 0 Å². The third-order valence-electron chi connectivity index (χ3n) is 6.05. The highest BCUT2D eigenvalue weighted by Crippen LogP contribution is 2.25. The van der Waals surface area contributed by atoms with Crippen LogP contribution in [0.15, 0.2) is 61.3 Å². The van der Waals surface area contributed by atoms with E-state index >= 15 is 0 Å². The summed E-state index contributed by atoms with van der Waals surface area (Å²) in [5.74, 6) is -1.81. The number of carboxylic acids is 1. The minimum Gasteiger partial charge on any atom is -0.478 e. The van der Waals surface area contributed by atoms with Gasteiger partial charge in [-0.15, -0.1) is 0 Å². The minimum absolute atomic E-state index is 0.0151. The molecule has 1 aliphatic rings. The molecule has 4 aromatic rings. The largest absolute Gasteiger partial charge is 0.478 e. The van der Waals surface area contributed by atoms with E-state index in [0.29, 0.717) is 24.5 Å². The number of hydrogen-bond donors (Lipinski definition) is 1. The van der Waals surface area contributed by atoms with Crippen molar-refractivity contribution in [3.63, 3.8) is 0 Å². The highest BCUT2D eigenvalue weighted by Gasteiger charge is 2.30. The number of likely N-dealkylation sites (tertiary alicyclic amines) is 1. The fraction of sp³-hybridized carbons (Fsp3) is 0.250. The van der Waals surface area contributed by atoms with Gasteiger partial charge in [-0.05, 0) is 49.6 Å². The first-order valence-corrected chi connectivity index (χ1v) is 11.2. The molecule has 1 aliphatic heterocycles. The topological polar surface area (TPSA) is 119 Å². The summed E-state index contributed by atoms with van der Waals surface area (Å²) in [6, 6.07) is 7.15. The van der Waals surface area contributed by atoms with Crippen LogP contribution in [0, 0.1) is 5.82 Å². The van der Waals surface area contributed by atoms with Gasteiger partial charge >= 0.3 is 5.97 Å². The second-order valence-corrected chi connectivity index (χ2v) is 8.32. The number of aromatic nitrogens is 6. The monoisotopic (exact) mass is 475 g/mol. The Balaban J connectivity index is 1.42. The second kappa shape index (κ2) is 9.45. The number of carbonyl (C=O) groups is 2. The number of carboxylic acid groups (broad SMARTS) is 1. The Bertz CT molecular complexity index is 1350. The molecule has 10 nitrogen and oxygen atoms in total. The summed E-state index contributed by atoms with van der Waals surface area (Å²) >= 11 is 0. The number of pyridine rings is 1. The Labute approximate surface area is 199 Å². The maximum absolute atomic E-state index is 13.7. The molecule has 0 unspecified atom stereocenters. The number of amides is 1. The maximum Gasteiger partial charge on any atom is 0.335 e. The zero-order chi connectivity index (χ0) is 24.4. The summed E-state index contributed by atoms with van der Waals surface area (Å²) in [5.41, 5.74) is 2.01. The molecule has 0 bridgehead atoms. The van der Waals surface area contributed by atoms with E-state index in [-0.39, 0.29) is 23.1 Å². The van der Waals surface area contributed by atoms with E-state index in [1.807, 2.05) is 6.20 Å². The third kappa shape index (κ3) is 4.65. The Morgan fingerprint density at radius 2 is 1.89 bits per heavy atom. The van der Waals surface area contributed by atoms with Gasteiger partial charge in [0.1, 0.15) is 5.82 Å². The lowest BCUT2D eigenvalue weighted by molar-refractivity contribution is 0.0583. The van der Waals surface area contributed by atoms with Crippen molar-refractivity contribution in [2.45, 2.75) is 31.8 Å². The fourth-order valence-electron chi connectivity index (χ4n) is 4.33. The van der Waals surface area contributed by atoms with E-state index in [2.05, 4.69) is 20.3 Å². The average Bonchev–Trinajstić information content (AvgIpc) is 3.57. The first kappa shape index (κ1) is 22.4. The van der Waals surface area contributed by atoms with Crippen LogP contribution in [0.2, 0.25) is 0 Å². The van der Waals surface area contributed by atoms with Gasteiger partial charge in [0, 0.05) is 18.3 Å². The smallest absolute Gasteiger partial charge is 0.335 e. The molecule has 1 aromatic carbocycles. The first-order valence-electron chi connectivity index (χ1n) is 11.2. The highest BCUT2D eigenvalue weighted by atomic mass is 19.1. The molecule has 0 saturated carbocycles. The average molecular weight is 475 g/mol. The number of halogens is 1. The molecule has 1 atom stereocenters. The van der Waals surface area contributed by atoms with Gasteiger partial charge in [0.05, 0.1) is 59.9 Å². The third-order valence-corrected chi connectivity index (χ3v) is 6.05. The number of nitrogens with zero attached hydrogens (tertiary/aromatic N) is 7. The predicted octanol–water partition coefficient (Wildman–Crippen LogP) is 3.06. The summed E-state index contributed by atoms with van der Waals surface area (Å²) in [6.45, 7) is 1.00. The van der Waals surface area contributed by atoms with Gasteiger partial charge in [0.25, 0.3) is 5.91 Å². The van der Waals surface area contributed by atoms with Gasteiger partial charge in [-0.1, -0.05) is 0 Å². The Kier molecular flexibility index (Phi) is 6.04. The van der Waals surface area contributed by atoms with E-state index in [1.165, 1.54) is 35.4 Å². The zero-order valence-electron chi connectivity index (χ0n) is 18.7. The van der Waals surface area contributed by atoms with Crippen molar-refractivity contribution in [2.24, 2.45) is 0 Å². The Morgan fingerprint density at radius 3 is 2.63 bits per heavy atom. The van der Waals surface area contributed by atoms with Crippen LogP contribution in [0.4, 0.5) is 4.39 Å². The van der Waals surface area contributed by atoms with Crippen molar-refractivity contribution in [1.29, 1.82) is 0 Å². The van der Waals surface area contributed by atoms with Crippen LogP contribution in [0.1, 0.15) is 40.0 Å². The van der Waals surface area contributed by atoms with E-state index in [4.69, 9.17) is 0 Å². The van der Waals surface area contributed by atoms with Gasteiger partial charge in [-0.2, -0.15) is 20.1 Å². The first-order chi connectivity index (χ1) is 17.0. The lowest BCUT2D eigenvalue weighted by Gasteiger charge is -2.36. The normalized spacial score (nSPS) is 15.8. The van der Waals surface area contributed by atoms with E-state index < -0.39 is 11.8 Å². The van der Waals surface area contributed by atoms with Crippen molar-refractivity contribution in [2.75, 3.05) is 6.54 Å². The van der Waals surface area contributed by atoms with E-state index in [1.54, 1.807) is 27.9 Å². The Hall–Kier alpha value is -4.41. The van der Waals surface area contributed by atoms with Gasteiger partial charge in [-0.3, -0.25) is 14.5 Å². The summed E-state index contributed by atoms with van der Waals surface area (Å²) < 4.78 is 15.0. The molecule has 3 aromatic heterocycles. The number of piperidine rings is 1. The van der Waals surface area contributed by atoms with Crippen LogP contribution in [0.5, 0.6) is 0 Å². The van der Waals surface area contributed by atoms with E-state index in [9.17, 15) is 19.1 Å². The summed E-state index contributed by atoms with van der Waals surface area (Å²) in [4.78, 5) is 32.5. The summed E-state index contributed by atoms with van der Waals surface area (Å²) in [7, 11) is 0. The van der Waals surface area contributed by atoms with Crippen molar-refractivity contribution in [3.05, 3.63) is 78.3 Å². The lowest BCUT2D eigenvalue weighted by Crippen LogP contribution is -2.46. The van der Waals surface area contributed by atoms with Crippen LogP contribution >= 0.6 is 0 Å². The van der Waals surface area contributed by atoms with Crippen LogP contribution in [0.25, 0.3) is 16.9 Å². The molecule has 0 aliphatic carbocycles. The van der Waals surface area contributed by atoms with Crippen LogP contribution in [-0.2, 0) is 6.54 Å². The molecule has 5 rings (SSSR count). The van der Waals surface area contributed by atoms with Gasteiger partial charge in [0.2, 0.25) is 0 Å². The minimum atomic E-state index is -1.12. The molecule has 35 heavy (non-hydrogen) atoms. The maximum atomic E-state index is 13.7. The van der Waals surface area contributed by atoms with Crippen molar-refractivity contribution in [1.82, 2.24) is 34.7 Å². The summed E-state index contributed by atoms with van der Waals surface area (Å²) in [5, 5.41) is 22.1. The second-order valence-electron chi connectivity index (χ2n) is 8.32. The molecule has 0 radical (unpaired) electrons. The van der Waals surface area contributed by atoms with Crippen molar-refractivity contribution >= 4 is 11.9 Å². The molecular weight excluding hydrogens is 453 g/mol. The van der Waals surface area contributed by atoms with Gasteiger partial charge in [-0.25, -0.2) is 9.18 Å².